The molecule has 2 nitrogen and oxygen atoms in total. The lowest BCUT2D eigenvalue weighted by Gasteiger charge is -2.16. The Bertz CT molecular complexity index is 345. The third kappa shape index (κ3) is 2.65. The molecule has 2 N–H and O–H groups in total. The molecule has 0 saturated carbocycles. The van der Waals surface area contributed by atoms with Gasteiger partial charge < -0.3 is 10.5 Å². The summed E-state index contributed by atoms with van der Waals surface area (Å²) >= 11 is 0. The van der Waals surface area contributed by atoms with E-state index in [1.165, 1.54) is 25.3 Å². The molecule has 0 saturated heterocycles. The second-order valence-electron chi connectivity index (χ2n) is 3.63. The highest BCUT2D eigenvalue weighted by Gasteiger charge is 2.25. The van der Waals surface area contributed by atoms with Gasteiger partial charge in [0.1, 0.15) is 5.75 Å². The minimum Gasteiger partial charge on any atom is -0.496 e. The van der Waals surface area contributed by atoms with Crippen molar-refractivity contribution in [3.05, 3.63) is 29.3 Å². The number of rotatable bonds is 3. The molecule has 1 aromatic carbocycles. The van der Waals surface area contributed by atoms with Crippen molar-refractivity contribution in [3.8, 4) is 5.75 Å². The van der Waals surface area contributed by atoms with Gasteiger partial charge >= 0.3 is 0 Å². The maximum absolute atomic E-state index is 13.1. The van der Waals surface area contributed by atoms with E-state index < -0.39 is 5.92 Å². The van der Waals surface area contributed by atoms with Gasteiger partial charge in [0.2, 0.25) is 0 Å². The first-order valence-electron chi connectivity index (χ1n) is 4.68. The molecule has 1 atom stereocenters. The van der Waals surface area contributed by atoms with Crippen molar-refractivity contribution in [2.24, 2.45) is 5.73 Å². The second kappa shape index (κ2) is 4.14. The summed E-state index contributed by atoms with van der Waals surface area (Å²) in [4.78, 5) is 0. The van der Waals surface area contributed by atoms with Gasteiger partial charge in [-0.15, -0.1) is 0 Å². The number of nitrogens with two attached hydrogens (primary N) is 1. The van der Waals surface area contributed by atoms with Crippen molar-refractivity contribution in [1.82, 2.24) is 0 Å². The first-order valence-corrected chi connectivity index (χ1v) is 4.68. The molecular formula is C11H15F2NO. The summed E-state index contributed by atoms with van der Waals surface area (Å²) in [6.07, 6.45) is 0. The van der Waals surface area contributed by atoms with E-state index in [1.54, 1.807) is 6.92 Å². The maximum atomic E-state index is 13.1. The van der Waals surface area contributed by atoms with Crippen LogP contribution in [0.5, 0.6) is 5.75 Å². The van der Waals surface area contributed by atoms with Gasteiger partial charge in [-0.25, -0.2) is 8.78 Å². The van der Waals surface area contributed by atoms with E-state index in [2.05, 4.69) is 0 Å². The van der Waals surface area contributed by atoms with E-state index in [-0.39, 0.29) is 11.6 Å². The van der Waals surface area contributed by atoms with E-state index in [4.69, 9.17) is 10.5 Å². The van der Waals surface area contributed by atoms with E-state index in [0.29, 0.717) is 11.3 Å². The molecule has 15 heavy (non-hydrogen) atoms. The van der Waals surface area contributed by atoms with Crippen LogP contribution in [0.4, 0.5) is 8.78 Å². The van der Waals surface area contributed by atoms with Crippen LogP contribution in [-0.4, -0.2) is 7.11 Å². The van der Waals surface area contributed by atoms with Gasteiger partial charge in [-0.3, -0.25) is 0 Å². The van der Waals surface area contributed by atoms with E-state index in [0.717, 1.165) is 6.92 Å². The molecule has 1 unspecified atom stereocenters. The Balaban J connectivity index is 3.22. The van der Waals surface area contributed by atoms with Gasteiger partial charge in [-0.2, -0.15) is 0 Å². The Hall–Kier alpha value is -1.16. The lowest BCUT2D eigenvalue weighted by atomic mass is 10.0. The van der Waals surface area contributed by atoms with Gasteiger partial charge in [0.05, 0.1) is 7.11 Å². The molecule has 0 bridgehead atoms. The third-order valence-corrected chi connectivity index (χ3v) is 2.23. The van der Waals surface area contributed by atoms with E-state index in [1.807, 2.05) is 0 Å². The summed E-state index contributed by atoms with van der Waals surface area (Å²) in [6.45, 7) is 2.59. The second-order valence-corrected chi connectivity index (χ2v) is 3.63. The number of hydrogen-bond acceptors (Lipinski definition) is 2. The van der Waals surface area contributed by atoms with Crippen molar-refractivity contribution < 1.29 is 13.5 Å². The van der Waals surface area contributed by atoms with Crippen LogP contribution in [0.1, 0.15) is 31.0 Å². The van der Waals surface area contributed by atoms with Crippen molar-refractivity contribution >= 4 is 0 Å². The van der Waals surface area contributed by atoms with Crippen LogP contribution in [0.2, 0.25) is 0 Å². The Kier molecular flexibility index (Phi) is 3.29. The zero-order chi connectivity index (χ0) is 11.6. The zero-order valence-corrected chi connectivity index (χ0v) is 9.05. The van der Waals surface area contributed by atoms with Crippen LogP contribution in [-0.2, 0) is 5.92 Å². The third-order valence-electron chi connectivity index (χ3n) is 2.23. The lowest BCUT2D eigenvalue weighted by Crippen LogP contribution is -2.12. The highest BCUT2D eigenvalue weighted by Crippen LogP contribution is 2.32. The van der Waals surface area contributed by atoms with E-state index >= 15 is 0 Å². The fourth-order valence-electron chi connectivity index (χ4n) is 1.36. The van der Waals surface area contributed by atoms with Gasteiger partial charge in [-0.1, -0.05) is 0 Å². The van der Waals surface area contributed by atoms with Crippen LogP contribution < -0.4 is 10.5 Å². The Morgan fingerprint density at radius 2 is 2.00 bits per heavy atom. The largest absolute Gasteiger partial charge is 0.496 e. The molecule has 4 heteroatoms. The maximum Gasteiger partial charge on any atom is 0.270 e. The first kappa shape index (κ1) is 11.9. The molecule has 0 aliphatic heterocycles. The molecule has 0 fully saturated rings. The van der Waals surface area contributed by atoms with Crippen LogP contribution >= 0.6 is 0 Å². The van der Waals surface area contributed by atoms with Crippen molar-refractivity contribution in [1.29, 1.82) is 0 Å². The monoisotopic (exact) mass is 215 g/mol. The topological polar surface area (TPSA) is 35.2 Å². The van der Waals surface area contributed by atoms with Crippen LogP contribution in [0, 0.1) is 0 Å². The molecular weight excluding hydrogens is 200 g/mol. The number of alkyl halides is 2. The van der Waals surface area contributed by atoms with Gasteiger partial charge in [-0.05, 0) is 25.1 Å². The number of ether oxygens (including phenoxy) is 1. The van der Waals surface area contributed by atoms with Crippen LogP contribution in [0.3, 0.4) is 0 Å². The normalized spacial score (nSPS) is 13.7. The Morgan fingerprint density at radius 3 is 2.40 bits per heavy atom. The lowest BCUT2D eigenvalue weighted by molar-refractivity contribution is 0.0173. The average molecular weight is 215 g/mol. The van der Waals surface area contributed by atoms with Crippen molar-refractivity contribution in [2.45, 2.75) is 25.8 Å². The summed E-state index contributed by atoms with van der Waals surface area (Å²) in [5, 5.41) is 0. The highest BCUT2D eigenvalue weighted by atomic mass is 19.3. The molecule has 84 valence electrons. The molecule has 1 rings (SSSR count). The summed E-state index contributed by atoms with van der Waals surface area (Å²) in [7, 11) is 1.49. The Labute approximate surface area is 88.0 Å². The molecule has 0 aliphatic rings. The zero-order valence-electron chi connectivity index (χ0n) is 9.05. The molecule has 1 aromatic rings. The predicted molar refractivity (Wildman–Crippen MR) is 55.2 cm³/mol. The molecule has 0 radical (unpaired) electrons. The van der Waals surface area contributed by atoms with Gasteiger partial charge in [0, 0.05) is 24.1 Å². The Morgan fingerprint density at radius 1 is 1.40 bits per heavy atom. The fraction of sp³-hybridized carbons (Fsp3) is 0.455. The number of benzene rings is 1. The SMILES string of the molecule is COc1ccc(C(C)(F)F)cc1C(C)N. The van der Waals surface area contributed by atoms with Crippen LogP contribution in [0.15, 0.2) is 18.2 Å². The average Bonchev–Trinajstić information content (AvgIpc) is 2.15. The van der Waals surface area contributed by atoms with Crippen molar-refractivity contribution in [2.75, 3.05) is 7.11 Å². The van der Waals surface area contributed by atoms with Crippen molar-refractivity contribution in [3.63, 3.8) is 0 Å². The van der Waals surface area contributed by atoms with Gasteiger partial charge in [0.15, 0.2) is 0 Å². The summed E-state index contributed by atoms with van der Waals surface area (Å²) in [5.74, 6) is -2.31. The highest BCUT2D eigenvalue weighted by molar-refractivity contribution is 5.40. The predicted octanol–water partition coefficient (Wildman–Crippen LogP) is 2.83. The molecule has 0 aliphatic carbocycles. The standard InChI is InChI=1S/C11H15F2NO/c1-7(14)9-6-8(11(2,12)13)4-5-10(9)15-3/h4-7H,14H2,1-3H3. The number of halogens is 2. The molecule has 0 spiro atoms. The summed E-state index contributed by atoms with van der Waals surface area (Å²) < 4.78 is 31.2. The minimum atomic E-state index is -2.85. The fourth-order valence-corrected chi connectivity index (χ4v) is 1.36. The molecule has 0 heterocycles. The quantitative estimate of drug-likeness (QED) is 0.841. The smallest absolute Gasteiger partial charge is 0.270 e. The minimum absolute atomic E-state index is 0.0457. The summed E-state index contributed by atoms with van der Waals surface area (Å²) in [5.41, 5.74) is 6.23. The van der Waals surface area contributed by atoms with Gasteiger partial charge in [0.25, 0.3) is 5.92 Å². The van der Waals surface area contributed by atoms with Crippen LogP contribution in [0.25, 0.3) is 0 Å². The number of hydrogen-bond donors (Lipinski definition) is 1. The summed E-state index contributed by atoms with van der Waals surface area (Å²) in [6, 6.07) is 3.93. The van der Waals surface area contributed by atoms with E-state index in [9.17, 15) is 8.78 Å². The number of methoxy groups -OCH3 is 1. The first-order chi connectivity index (χ1) is 6.86. The molecule has 0 amide bonds. The molecule has 0 aromatic heterocycles.